The zero-order chi connectivity index (χ0) is 15.2. The summed E-state index contributed by atoms with van der Waals surface area (Å²) < 4.78 is 0. The lowest BCUT2D eigenvalue weighted by Crippen LogP contribution is -2.47. The summed E-state index contributed by atoms with van der Waals surface area (Å²) in [5.41, 5.74) is 6.94. The van der Waals surface area contributed by atoms with Crippen LogP contribution in [0.4, 0.5) is 0 Å². The normalized spacial score (nSPS) is 23.5. The van der Waals surface area contributed by atoms with E-state index < -0.39 is 6.04 Å². The number of carbonyl (C=O) groups excluding carboxylic acids is 1. The quantitative estimate of drug-likeness (QED) is 0.778. The molecule has 1 aromatic rings. The van der Waals surface area contributed by atoms with Gasteiger partial charge in [0.1, 0.15) is 5.75 Å². The van der Waals surface area contributed by atoms with Crippen LogP contribution in [0.5, 0.6) is 5.75 Å². The van der Waals surface area contributed by atoms with Crippen molar-refractivity contribution in [1.82, 2.24) is 5.32 Å². The number of rotatable bonds is 5. The van der Waals surface area contributed by atoms with E-state index in [4.69, 9.17) is 5.73 Å². The van der Waals surface area contributed by atoms with Crippen LogP contribution in [0.1, 0.15) is 31.2 Å². The molecule has 0 bridgehead atoms. The molecule has 2 rings (SSSR count). The molecule has 1 aliphatic rings. The molecule has 21 heavy (non-hydrogen) atoms. The Balaban J connectivity index is 1.78. The van der Waals surface area contributed by atoms with Gasteiger partial charge in [0.15, 0.2) is 0 Å². The summed E-state index contributed by atoms with van der Waals surface area (Å²) in [6.07, 6.45) is 7.06. The lowest BCUT2D eigenvalue weighted by Gasteiger charge is -2.28. The molecule has 1 aliphatic carbocycles. The molecule has 0 saturated heterocycles. The third-order valence-corrected chi connectivity index (χ3v) is 5.22. The molecule has 1 aromatic carbocycles. The van der Waals surface area contributed by atoms with Crippen molar-refractivity contribution in [2.75, 3.05) is 6.26 Å². The molecule has 1 saturated carbocycles. The van der Waals surface area contributed by atoms with Crippen molar-refractivity contribution in [3.63, 3.8) is 0 Å². The fraction of sp³-hybridized carbons (Fsp3) is 0.562. The zero-order valence-electron chi connectivity index (χ0n) is 12.4. The predicted octanol–water partition coefficient (Wildman–Crippen LogP) is 2.05. The molecule has 4 N–H and O–H groups in total. The molecule has 1 fully saturated rings. The van der Waals surface area contributed by atoms with E-state index in [9.17, 15) is 9.90 Å². The first-order chi connectivity index (χ1) is 10.1. The van der Waals surface area contributed by atoms with Crippen molar-refractivity contribution in [1.29, 1.82) is 0 Å². The number of nitrogens with one attached hydrogen (secondary N) is 1. The minimum Gasteiger partial charge on any atom is -0.508 e. The van der Waals surface area contributed by atoms with Gasteiger partial charge in [-0.15, -0.1) is 0 Å². The average molecular weight is 308 g/mol. The highest BCUT2D eigenvalue weighted by Crippen LogP contribution is 2.26. The van der Waals surface area contributed by atoms with E-state index in [2.05, 4.69) is 11.6 Å². The first kappa shape index (κ1) is 16.2. The van der Waals surface area contributed by atoms with Gasteiger partial charge in [-0.2, -0.15) is 11.8 Å². The molecule has 116 valence electrons. The lowest BCUT2D eigenvalue weighted by atomic mass is 9.94. The fourth-order valence-corrected chi connectivity index (χ4v) is 3.47. The summed E-state index contributed by atoms with van der Waals surface area (Å²) in [6.45, 7) is 0. The molecule has 0 aliphatic heterocycles. The summed E-state index contributed by atoms with van der Waals surface area (Å²) in [5, 5.41) is 13.1. The van der Waals surface area contributed by atoms with Crippen molar-refractivity contribution < 1.29 is 9.90 Å². The van der Waals surface area contributed by atoms with Gasteiger partial charge in [0.05, 0.1) is 6.04 Å². The summed E-state index contributed by atoms with van der Waals surface area (Å²) >= 11 is 1.92. The van der Waals surface area contributed by atoms with Crippen molar-refractivity contribution in [2.24, 2.45) is 5.73 Å². The van der Waals surface area contributed by atoms with Crippen molar-refractivity contribution in [3.05, 3.63) is 29.8 Å². The van der Waals surface area contributed by atoms with Crippen molar-refractivity contribution in [2.45, 2.75) is 49.4 Å². The third-order valence-electron chi connectivity index (χ3n) is 4.08. The Morgan fingerprint density at radius 1 is 1.33 bits per heavy atom. The molecule has 1 amide bonds. The van der Waals surface area contributed by atoms with Crippen molar-refractivity contribution >= 4 is 17.7 Å². The highest BCUT2D eigenvalue weighted by Gasteiger charge is 2.23. The second-order valence-electron chi connectivity index (χ2n) is 5.69. The summed E-state index contributed by atoms with van der Waals surface area (Å²) in [6, 6.07) is 6.56. The monoisotopic (exact) mass is 308 g/mol. The van der Waals surface area contributed by atoms with Crippen LogP contribution in [0.3, 0.4) is 0 Å². The van der Waals surface area contributed by atoms with Gasteiger partial charge >= 0.3 is 0 Å². The van der Waals surface area contributed by atoms with E-state index in [1.54, 1.807) is 24.3 Å². The molecule has 0 aromatic heterocycles. The molecule has 0 unspecified atom stereocenters. The summed E-state index contributed by atoms with van der Waals surface area (Å²) in [4.78, 5) is 12.1. The van der Waals surface area contributed by atoms with Crippen molar-refractivity contribution in [3.8, 4) is 5.75 Å². The Kier molecular flexibility index (Phi) is 5.94. The third kappa shape index (κ3) is 4.93. The Morgan fingerprint density at radius 3 is 2.52 bits per heavy atom. The van der Waals surface area contributed by atoms with Crippen LogP contribution in [0, 0.1) is 0 Å². The van der Waals surface area contributed by atoms with Gasteiger partial charge in [-0.1, -0.05) is 12.1 Å². The van der Waals surface area contributed by atoms with Crippen LogP contribution in [-0.2, 0) is 11.2 Å². The molecular weight excluding hydrogens is 284 g/mol. The number of carbonyl (C=O) groups is 1. The average Bonchev–Trinajstić information content (AvgIpc) is 2.50. The van der Waals surface area contributed by atoms with Crippen LogP contribution in [0.2, 0.25) is 0 Å². The van der Waals surface area contributed by atoms with Crippen LogP contribution < -0.4 is 11.1 Å². The molecule has 0 radical (unpaired) electrons. The zero-order valence-corrected chi connectivity index (χ0v) is 13.2. The Hall–Kier alpha value is -1.20. The molecule has 1 atom stereocenters. The Labute approximate surface area is 130 Å². The Bertz CT molecular complexity index is 456. The van der Waals surface area contributed by atoms with Crippen LogP contribution in [-0.4, -0.2) is 34.6 Å². The molecule has 4 nitrogen and oxygen atoms in total. The number of phenolic OH excluding ortho intramolecular Hbond substituents is 1. The number of aromatic hydroxyl groups is 1. The molecule has 5 heteroatoms. The van der Waals surface area contributed by atoms with Gasteiger partial charge < -0.3 is 16.2 Å². The SMILES string of the molecule is CSC1CCC(NC(=O)[C@H](N)Cc2ccc(O)cc2)CC1. The van der Waals surface area contributed by atoms with E-state index in [-0.39, 0.29) is 17.7 Å². The first-order valence-electron chi connectivity index (χ1n) is 7.45. The number of nitrogens with two attached hydrogens (primary N) is 1. The highest BCUT2D eigenvalue weighted by atomic mass is 32.2. The van der Waals surface area contributed by atoms with Gasteiger partial charge in [-0.3, -0.25) is 4.79 Å². The minimum absolute atomic E-state index is 0.0734. The number of amides is 1. The maximum absolute atomic E-state index is 12.1. The molecular formula is C16H24N2O2S. The maximum atomic E-state index is 12.1. The summed E-state index contributed by atoms with van der Waals surface area (Å²) in [5.74, 6) is 0.151. The maximum Gasteiger partial charge on any atom is 0.237 e. The second kappa shape index (κ2) is 7.71. The van der Waals surface area contributed by atoms with Crippen LogP contribution >= 0.6 is 11.8 Å². The minimum atomic E-state index is -0.534. The number of hydrogen-bond acceptors (Lipinski definition) is 4. The topological polar surface area (TPSA) is 75.4 Å². The Morgan fingerprint density at radius 2 is 1.95 bits per heavy atom. The highest BCUT2D eigenvalue weighted by molar-refractivity contribution is 7.99. The van der Waals surface area contributed by atoms with Gasteiger partial charge in [0, 0.05) is 11.3 Å². The largest absolute Gasteiger partial charge is 0.508 e. The van der Waals surface area contributed by atoms with Crippen LogP contribution in [0.25, 0.3) is 0 Å². The van der Waals surface area contributed by atoms with Gasteiger partial charge in [-0.05, 0) is 56.1 Å². The number of thioether (sulfide) groups is 1. The predicted molar refractivity (Wildman–Crippen MR) is 87.5 cm³/mol. The van der Waals surface area contributed by atoms with Gasteiger partial charge in [0.2, 0.25) is 5.91 Å². The van der Waals surface area contributed by atoms with E-state index in [0.29, 0.717) is 6.42 Å². The molecule has 0 heterocycles. The number of benzene rings is 1. The summed E-state index contributed by atoms with van der Waals surface area (Å²) in [7, 11) is 0. The smallest absolute Gasteiger partial charge is 0.237 e. The van der Waals surface area contributed by atoms with E-state index >= 15 is 0 Å². The van der Waals surface area contributed by atoms with E-state index in [0.717, 1.165) is 23.7 Å². The lowest BCUT2D eigenvalue weighted by molar-refractivity contribution is -0.123. The van der Waals surface area contributed by atoms with Gasteiger partial charge in [-0.25, -0.2) is 0 Å². The standard InChI is InChI=1S/C16H24N2O2S/c1-21-14-8-4-12(5-9-14)18-16(20)15(17)10-11-2-6-13(19)7-3-11/h2-3,6-7,12,14-15,19H,4-5,8-10,17H2,1H3,(H,18,20)/t12?,14?,15-/m1/s1. The van der Waals surface area contributed by atoms with E-state index in [1.807, 2.05) is 11.8 Å². The van der Waals surface area contributed by atoms with E-state index in [1.165, 1.54) is 12.8 Å². The number of phenols is 1. The second-order valence-corrected chi connectivity index (χ2v) is 6.83. The number of hydrogen-bond donors (Lipinski definition) is 3. The van der Waals surface area contributed by atoms with Crippen LogP contribution in [0.15, 0.2) is 24.3 Å². The fourth-order valence-electron chi connectivity index (χ4n) is 2.73. The molecule has 0 spiro atoms. The van der Waals surface area contributed by atoms with Gasteiger partial charge in [0.25, 0.3) is 0 Å². The first-order valence-corrected chi connectivity index (χ1v) is 8.74.